The fraction of sp³-hybridized carbons (Fsp3) is 0.500. The van der Waals surface area contributed by atoms with Crippen LogP contribution in [0.1, 0.15) is 19.8 Å². The van der Waals surface area contributed by atoms with Crippen LogP contribution >= 0.6 is 15.9 Å². The van der Waals surface area contributed by atoms with Crippen LogP contribution in [0, 0.1) is 0 Å². The van der Waals surface area contributed by atoms with Crippen molar-refractivity contribution in [3.05, 3.63) is 28.7 Å². The quantitative estimate of drug-likeness (QED) is 0.668. The summed E-state index contributed by atoms with van der Waals surface area (Å²) in [6.45, 7) is 2.55. The van der Waals surface area contributed by atoms with Gasteiger partial charge in [-0.1, -0.05) is 12.1 Å². The zero-order valence-electron chi connectivity index (χ0n) is 11.3. The lowest BCUT2D eigenvalue weighted by atomic mass is 10.3. The van der Waals surface area contributed by atoms with Gasteiger partial charge >= 0.3 is 0 Å². The Morgan fingerprint density at radius 3 is 2.84 bits per heavy atom. The second-order valence-electron chi connectivity index (χ2n) is 4.90. The van der Waals surface area contributed by atoms with E-state index in [9.17, 15) is 0 Å². The van der Waals surface area contributed by atoms with Crippen LogP contribution in [0.2, 0.25) is 0 Å². The number of guanidine groups is 1. The molecule has 104 valence electrons. The second-order valence-corrected chi connectivity index (χ2v) is 5.75. The topological polar surface area (TPSA) is 50.8 Å². The van der Waals surface area contributed by atoms with Crippen molar-refractivity contribution in [2.45, 2.75) is 31.9 Å². The molecule has 2 N–H and O–H groups in total. The van der Waals surface area contributed by atoms with Crippen LogP contribution in [0.25, 0.3) is 0 Å². The molecule has 0 amide bonds. The lowest BCUT2D eigenvalue weighted by Gasteiger charge is -2.18. The summed E-state index contributed by atoms with van der Waals surface area (Å²) >= 11 is 3.46. The van der Waals surface area contributed by atoms with Gasteiger partial charge in [0.25, 0.3) is 0 Å². The first-order chi connectivity index (χ1) is 9.08. The molecule has 19 heavy (non-hydrogen) atoms. The maximum Gasteiger partial charge on any atom is 0.191 e. The highest BCUT2D eigenvalue weighted by Gasteiger charge is 2.27. The summed E-state index contributed by atoms with van der Waals surface area (Å²) in [6, 6.07) is 8.39. The number of nitrogens with zero attached hydrogens (tertiary/aromatic N) is 2. The number of ether oxygens (including phenoxy) is 1. The molecule has 1 aliphatic carbocycles. The Balaban J connectivity index is 1.85. The van der Waals surface area contributed by atoms with Crippen molar-refractivity contribution in [3.63, 3.8) is 0 Å². The first-order valence-corrected chi connectivity index (χ1v) is 7.31. The highest BCUT2D eigenvalue weighted by molar-refractivity contribution is 9.10. The van der Waals surface area contributed by atoms with Gasteiger partial charge in [-0.3, -0.25) is 0 Å². The molecule has 1 aliphatic rings. The van der Waals surface area contributed by atoms with Crippen molar-refractivity contribution in [2.75, 3.05) is 13.6 Å². The van der Waals surface area contributed by atoms with E-state index in [4.69, 9.17) is 10.5 Å². The molecular weight excluding hydrogens is 306 g/mol. The Labute approximate surface area is 122 Å². The molecule has 5 heteroatoms. The molecule has 1 atom stereocenters. The average molecular weight is 326 g/mol. The Kier molecular flexibility index (Phi) is 4.69. The van der Waals surface area contributed by atoms with Crippen molar-refractivity contribution in [2.24, 2.45) is 10.7 Å². The summed E-state index contributed by atoms with van der Waals surface area (Å²) in [6.07, 6.45) is 2.43. The van der Waals surface area contributed by atoms with Gasteiger partial charge in [-0.25, -0.2) is 4.99 Å². The number of halogens is 1. The highest BCUT2D eigenvalue weighted by atomic mass is 79.9. The molecule has 0 spiro atoms. The standard InChI is InChI=1S/C14H20BrN3O/c1-10(19-13-6-4-3-5-12(13)15)9-17-14(16)18(2)11-7-8-11/h3-6,10-11H,7-9H2,1-2H3,(H2,16,17). The summed E-state index contributed by atoms with van der Waals surface area (Å²) in [4.78, 5) is 6.44. The molecular formula is C14H20BrN3O. The predicted octanol–water partition coefficient (Wildman–Crippen LogP) is 2.63. The van der Waals surface area contributed by atoms with Gasteiger partial charge in [0, 0.05) is 13.1 Å². The monoisotopic (exact) mass is 325 g/mol. The summed E-state index contributed by atoms with van der Waals surface area (Å²) in [5, 5.41) is 0. The number of nitrogens with two attached hydrogens (primary N) is 1. The lowest BCUT2D eigenvalue weighted by Crippen LogP contribution is -2.36. The van der Waals surface area contributed by atoms with Crippen LogP contribution in [0.4, 0.5) is 0 Å². The predicted molar refractivity (Wildman–Crippen MR) is 81.5 cm³/mol. The maximum absolute atomic E-state index is 5.94. The van der Waals surface area contributed by atoms with Gasteiger partial charge in [0.05, 0.1) is 11.0 Å². The van der Waals surface area contributed by atoms with Gasteiger partial charge in [0.15, 0.2) is 5.96 Å². The minimum Gasteiger partial charge on any atom is -0.488 e. The fourth-order valence-corrected chi connectivity index (χ4v) is 2.16. The molecule has 1 fully saturated rings. The van der Waals surface area contributed by atoms with Gasteiger partial charge in [0.1, 0.15) is 11.9 Å². The minimum atomic E-state index is -0.00940. The normalized spacial score (nSPS) is 17.1. The highest BCUT2D eigenvalue weighted by Crippen LogP contribution is 2.26. The molecule has 1 unspecified atom stereocenters. The molecule has 1 aromatic carbocycles. The van der Waals surface area contributed by atoms with Crippen molar-refractivity contribution in [3.8, 4) is 5.75 Å². The van der Waals surface area contributed by atoms with Crippen molar-refractivity contribution in [1.82, 2.24) is 4.90 Å². The first-order valence-electron chi connectivity index (χ1n) is 6.52. The molecule has 1 saturated carbocycles. The van der Waals surface area contributed by atoms with E-state index in [-0.39, 0.29) is 6.10 Å². The first kappa shape index (κ1) is 14.2. The van der Waals surface area contributed by atoms with Crippen LogP contribution in [0.15, 0.2) is 33.7 Å². The number of hydrogen-bond donors (Lipinski definition) is 1. The van der Waals surface area contributed by atoms with E-state index in [0.717, 1.165) is 10.2 Å². The Morgan fingerprint density at radius 2 is 2.21 bits per heavy atom. The van der Waals surface area contributed by atoms with E-state index in [1.54, 1.807) is 0 Å². The summed E-state index contributed by atoms with van der Waals surface area (Å²) in [5.41, 5.74) is 5.94. The van der Waals surface area contributed by atoms with E-state index >= 15 is 0 Å². The minimum absolute atomic E-state index is 0.00940. The molecule has 0 aliphatic heterocycles. The Morgan fingerprint density at radius 1 is 1.53 bits per heavy atom. The SMILES string of the molecule is CC(CN=C(N)N(C)C1CC1)Oc1ccccc1Br. The summed E-state index contributed by atoms with van der Waals surface area (Å²) in [5.74, 6) is 1.43. The largest absolute Gasteiger partial charge is 0.488 e. The molecule has 0 bridgehead atoms. The molecule has 2 rings (SSSR count). The summed E-state index contributed by atoms with van der Waals surface area (Å²) in [7, 11) is 2.00. The van der Waals surface area contributed by atoms with Crippen LogP contribution in [-0.2, 0) is 0 Å². The second kappa shape index (κ2) is 6.28. The van der Waals surface area contributed by atoms with Gasteiger partial charge in [-0.05, 0) is 47.8 Å². The molecule has 0 heterocycles. The fourth-order valence-electron chi connectivity index (χ4n) is 1.78. The van der Waals surface area contributed by atoms with E-state index in [1.807, 2.05) is 43.1 Å². The van der Waals surface area contributed by atoms with E-state index in [2.05, 4.69) is 20.9 Å². The number of hydrogen-bond acceptors (Lipinski definition) is 2. The van der Waals surface area contributed by atoms with E-state index in [1.165, 1.54) is 12.8 Å². The molecule has 0 saturated heterocycles. The van der Waals surface area contributed by atoms with Gasteiger partial charge in [0.2, 0.25) is 0 Å². The third-order valence-corrected chi connectivity index (χ3v) is 3.79. The molecule has 1 aromatic rings. The average Bonchev–Trinajstić information content (AvgIpc) is 3.22. The van der Waals surface area contributed by atoms with Crippen LogP contribution in [-0.4, -0.2) is 36.6 Å². The molecule has 0 radical (unpaired) electrons. The molecule has 4 nitrogen and oxygen atoms in total. The summed E-state index contributed by atoms with van der Waals surface area (Å²) < 4.78 is 6.78. The number of rotatable bonds is 5. The number of aliphatic imine (C=N–C) groups is 1. The lowest BCUT2D eigenvalue weighted by molar-refractivity contribution is 0.228. The van der Waals surface area contributed by atoms with Crippen LogP contribution < -0.4 is 10.5 Å². The third-order valence-electron chi connectivity index (χ3n) is 3.13. The smallest absolute Gasteiger partial charge is 0.191 e. The van der Waals surface area contributed by atoms with Crippen molar-refractivity contribution >= 4 is 21.9 Å². The Bertz CT molecular complexity index is 460. The van der Waals surface area contributed by atoms with Crippen LogP contribution in [0.3, 0.4) is 0 Å². The Hall–Kier alpha value is -1.23. The zero-order valence-corrected chi connectivity index (χ0v) is 12.9. The van der Waals surface area contributed by atoms with E-state index < -0.39 is 0 Å². The van der Waals surface area contributed by atoms with Crippen molar-refractivity contribution < 1.29 is 4.74 Å². The van der Waals surface area contributed by atoms with E-state index in [0.29, 0.717) is 18.5 Å². The van der Waals surface area contributed by atoms with Crippen LogP contribution in [0.5, 0.6) is 5.75 Å². The third kappa shape index (κ3) is 4.13. The molecule has 0 aromatic heterocycles. The van der Waals surface area contributed by atoms with Gasteiger partial charge < -0.3 is 15.4 Å². The van der Waals surface area contributed by atoms with Gasteiger partial charge in [-0.2, -0.15) is 0 Å². The zero-order chi connectivity index (χ0) is 13.8. The van der Waals surface area contributed by atoms with Crippen molar-refractivity contribution in [1.29, 1.82) is 0 Å². The van der Waals surface area contributed by atoms with Gasteiger partial charge in [-0.15, -0.1) is 0 Å². The number of para-hydroxylation sites is 1. The number of benzene rings is 1. The maximum atomic E-state index is 5.94.